The fourth-order valence-electron chi connectivity index (χ4n) is 4.22. The third-order valence-electron chi connectivity index (χ3n) is 5.91. The Bertz CT molecular complexity index is 1160. The second kappa shape index (κ2) is 10.2. The summed E-state index contributed by atoms with van der Waals surface area (Å²) in [6.07, 6.45) is 0.206. The van der Waals surface area contributed by atoms with Crippen molar-refractivity contribution in [2.45, 2.75) is 19.3 Å². The van der Waals surface area contributed by atoms with Gasteiger partial charge in [0.25, 0.3) is 0 Å². The Morgan fingerprint density at radius 1 is 1.06 bits per heavy atom. The van der Waals surface area contributed by atoms with Crippen LogP contribution in [0.15, 0.2) is 47.0 Å². The standard InChI is InChI=1S/C25H27N3O5S/c1-5-33-21-9-6-16(10-23(21)32-4)18-12-24(29)28-14-27(15-34-25(28)19(18)13-26)20-8-7-17(30-2)11-22(20)31-3/h6-11,18H,5,12,14-15H2,1-4H3/t18-/m1/s1. The highest BCUT2D eigenvalue weighted by molar-refractivity contribution is 8.03. The fourth-order valence-corrected chi connectivity index (χ4v) is 5.38. The maximum absolute atomic E-state index is 13.3. The van der Waals surface area contributed by atoms with E-state index in [-0.39, 0.29) is 18.2 Å². The first kappa shape index (κ1) is 23.6. The summed E-state index contributed by atoms with van der Waals surface area (Å²) in [7, 11) is 4.79. The van der Waals surface area contributed by atoms with Crippen LogP contribution in [0, 0.1) is 11.3 Å². The molecule has 0 bridgehead atoms. The number of hydrogen-bond acceptors (Lipinski definition) is 8. The maximum Gasteiger partial charge on any atom is 0.229 e. The number of amides is 1. The van der Waals surface area contributed by atoms with Gasteiger partial charge in [0.15, 0.2) is 11.5 Å². The molecule has 0 unspecified atom stereocenters. The molecule has 2 aliphatic rings. The molecular formula is C25H27N3O5S. The van der Waals surface area contributed by atoms with E-state index < -0.39 is 0 Å². The van der Waals surface area contributed by atoms with Gasteiger partial charge in [-0.15, -0.1) is 0 Å². The summed E-state index contributed by atoms with van der Waals surface area (Å²) in [4.78, 5) is 17.0. The molecule has 2 aromatic rings. The second-order valence-electron chi connectivity index (χ2n) is 7.74. The number of ether oxygens (including phenoxy) is 4. The van der Waals surface area contributed by atoms with Crippen LogP contribution in [0.3, 0.4) is 0 Å². The summed E-state index contributed by atoms with van der Waals surface area (Å²) < 4.78 is 21.9. The average molecular weight is 482 g/mol. The lowest BCUT2D eigenvalue weighted by Gasteiger charge is -2.42. The molecule has 2 heterocycles. The lowest BCUT2D eigenvalue weighted by Crippen LogP contribution is -2.47. The van der Waals surface area contributed by atoms with E-state index in [1.54, 1.807) is 26.2 Å². The number of rotatable bonds is 7. The van der Waals surface area contributed by atoms with E-state index in [0.717, 1.165) is 11.3 Å². The van der Waals surface area contributed by atoms with Gasteiger partial charge in [0.05, 0.1) is 62.8 Å². The van der Waals surface area contributed by atoms with E-state index in [0.29, 0.717) is 52.8 Å². The van der Waals surface area contributed by atoms with Crippen molar-refractivity contribution in [1.82, 2.24) is 4.90 Å². The summed E-state index contributed by atoms with van der Waals surface area (Å²) in [6, 6.07) is 13.6. The van der Waals surface area contributed by atoms with Crippen molar-refractivity contribution < 1.29 is 23.7 Å². The van der Waals surface area contributed by atoms with Crippen LogP contribution in [0.2, 0.25) is 0 Å². The van der Waals surface area contributed by atoms with E-state index in [4.69, 9.17) is 18.9 Å². The van der Waals surface area contributed by atoms with Gasteiger partial charge < -0.3 is 23.8 Å². The number of carbonyl (C=O) groups excluding carboxylic acids is 1. The summed E-state index contributed by atoms with van der Waals surface area (Å²) in [6.45, 7) is 2.77. The number of nitrogens with zero attached hydrogens (tertiary/aromatic N) is 3. The van der Waals surface area contributed by atoms with Crippen LogP contribution in [-0.2, 0) is 4.79 Å². The molecule has 0 spiro atoms. The molecule has 4 rings (SSSR count). The molecule has 1 amide bonds. The van der Waals surface area contributed by atoms with Crippen molar-refractivity contribution in [2.24, 2.45) is 0 Å². The van der Waals surface area contributed by atoms with Gasteiger partial charge in [-0.1, -0.05) is 17.8 Å². The van der Waals surface area contributed by atoms with E-state index >= 15 is 0 Å². The molecule has 0 aliphatic carbocycles. The minimum Gasteiger partial charge on any atom is -0.497 e. The van der Waals surface area contributed by atoms with Gasteiger partial charge in [0.2, 0.25) is 5.91 Å². The zero-order valence-electron chi connectivity index (χ0n) is 19.7. The Labute approximate surface area is 203 Å². The van der Waals surface area contributed by atoms with Crippen LogP contribution in [0.4, 0.5) is 5.69 Å². The zero-order chi connectivity index (χ0) is 24.2. The van der Waals surface area contributed by atoms with E-state index in [1.165, 1.54) is 11.8 Å². The number of allylic oxidation sites excluding steroid dienone is 1. The highest BCUT2D eigenvalue weighted by Crippen LogP contribution is 2.45. The number of fused-ring (bicyclic) bond motifs is 1. The first-order valence-electron chi connectivity index (χ1n) is 10.9. The number of anilines is 1. The molecule has 0 radical (unpaired) electrons. The Hall–Kier alpha value is -3.51. The van der Waals surface area contributed by atoms with Gasteiger partial charge in [-0.05, 0) is 36.8 Å². The maximum atomic E-state index is 13.3. The minimum atomic E-state index is -0.331. The van der Waals surface area contributed by atoms with Gasteiger partial charge in [0, 0.05) is 18.4 Å². The predicted octanol–water partition coefficient (Wildman–Crippen LogP) is 4.33. The Balaban J connectivity index is 1.65. The SMILES string of the molecule is CCOc1ccc([C@H]2CC(=O)N3CN(c4ccc(OC)cc4OC)CSC3=C2C#N)cc1OC. The topological polar surface area (TPSA) is 84.3 Å². The molecule has 2 aromatic carbocycles. The smallest absolute Gasteiger partial charge is 0.229 e. The molecule has 1 atom stereocenters. The van der Waals surface area contributed by atoms with Crippen molar-refractivity contribution in [3.05, 3.63) is 52.6 Å². The van der Waals surface area contributed by atoms with Crippen LogP contribution in [0.5, 0.6) is 23.0 Å². The highest BCUT2D eigenvalue weighted by Gasteiger charge is 2.39. The molecule has 0 saturated carbocycles. The summed E-state index contributed by atoms with van der Waals surface area (Å²) in [5.41, 5.74) is 2.31. The Morgan fingerprint density at radius 2 is 1.85 bits per heavy atom. The number of hydrogen-bond donors (Lipinski definition) is 0. The van der Waals surface area contributed by atoms with Crippen molar-refractivity contribution in [2.75, 3.05) is 45.4 Å². The first-order chi connectivity index (χ1) is 16.5. The summed E-state index contributed by atoms with van der Waals surface area (Å²) in [5, 5.41) is 10.8. The van der Waals surface area contributed by atoms with E-state index in [9.17, 15) is 10.1 Å². The lowest BCUT2D eigenvalue weighted by atomic mass is 9.86. The number of methoxy groups -OCH3 is 3. The normalized spacial score (nSPS) is 17.7. The molecule has 9 heteroatoms. The largest absolute Gasteiger partial charge is 0.497 e. The van der Waals surface area contributed by atoms with Gasteiger partial charge in [-0.3, -0.25) is 9.69 Å². The predicted molar refractivity (Wildman–Crippen MR) is 130 cm³/mol. The molecular weight excluding hydrogens is 454 g/mol. The van der Waals surface area contributed by atoms with Crippen molar-refractivity contribution in [3.63, 3.8) is 0 Å². The van der Waals surface area contributed by atoms with Gasteiger partial charge >= 0.3 is 0 Å². The third-order valence-corrected chi connectivity index (χ3v) is 7.07. The van der Waals surface area contributed by atoms with Crippen molar-refractivity contribution in [3.8, 4) is 29.1 Å². The number of thioether (sulfide) groups is 1. The quantitative estimate of drug-likeness (QED) is 0.578. The van der Waals surface area contributed by atoms with Gasteiger partial charge in [-0.2, -0.15) is 5.26 Å². The lowest BCUT2D eigenvalue weighted by molar-refractivity contribution is -0.129. The molecule has 1 fully saturated rings. The number of carbonyl (C=O) groups is 1. The molecule has 178 valence electrons. The van der Waals surface area contributed by atoms with Crippen LogP contribution in [-0.4, -0.2) is 51.3 Å². The van der Waals surface area contributed by atoms with Gasteiger partial charge in [-0.25, -0.2) is 0 Å². The molecule has 0 N–H and O–H groups in total. The molecule has 8 nitrogen and oxygen atoms in total. The Kier molecular flexibility index (Phi) is 7.08. The molecule has 1 saturated heterocycles. The van der Waals surface area contributed by atoms with Crippen molar-refractivity contribution in [1.29, 1.82) is 5.26 Å². The van der Waals surface area contributed by atoms with E-state index in [2.05, 4.69) is 11.0 Å². The van der Waals surface area contributed by atoms with Crippen LogP contribution < -0.4 is 23.8 Å². The second-order valence-corrected chi connectivity index (χ2v) is 8.68. The molecule has 34 heavy (non-hydrogen) atoms. The Morgan fingerprint density at radius 3 is 2.53 bits per heavy atom. The van der Waals surface area contributed by atoms with E-state index in [1.807, 2.05) is 43.3 Å². The average Bonchev–Trinajstić information content (AvgIpc) is 2.88. The van der Waals surface area contributed by atoms with Crippen LogP contribution >= 0.6 is 11.8 Å². The molecule has 2 aliphatic heterocycles. The highest BCUT2D eigenvalue weighted by atomic mass is 32.2. The third kappa shape index (κ3) is 4.33. The molecule has 0 aromatic heterocycles. The summed E-state index contributed by atoms with van der Waals surface area (Å²) in [5.74, 6) is 2.80. The van der Waals surface area contributed by atoms with Crippen LogP contribution in [0.25, 0.3) is 0 Å². The number of nitriles is 1. The minimum absolute atomic E-state index is 0.0310. The summed E-state index contributed by atoms with van der Waals surface area (Å²) >= 11 is 1.48. The van der Waals surface area contributed by atoms with Crippen molar-refractivity contribution >= 4 is 23.4 Å². The zero-order valence-corrected chi connectivity index (χ0v) is 20.5. The fraction of sp³-hybridized carbons (Fsp3) is 0.360. The monoisotopic (exact) mass is 481 g/mol. The van der Waals surface area contributed by atoms with Gasteiger partial charge in [0.1, 0.15) is 11.5 Å². The van der Waals surface area contributed by atoms with Crippen LogP contribution in [0.1, 0.15) is 24.8 Å². The first-order valence-corrected chi connectivity index (χ1v) is 11.9. The number of benzene rings is 2.